The molecule has 0 spiro atoms. The number of allylic oxidation sites excluding steroid dienone is 15. The van der Waals surface area contributed by atoms with Gasteiger partial charge in [0.15, 0.2) is 0 Å². The summed E-state index contributed by atoms with van der Waals surface area (Å²) in [6, 6.07) is 0. The number of hydrogen-bond acceptors (Lipinski definition) is 1. The first-order valence-corrected chi connectivity index (χ1v) is 16.4. The quantitative estimate of drug-likeness (QED) is 0.166. The molecule has 3 atom stereocenters. The standard InChI is InChI=1S/C40H62O/c1-30(18-13-20-32(3)23-25-36-34(5)22-15-28-39(36,7)8)16-11-12-17-31(2)19-14-21-33(4)24-26-37-35(6)38(41)27-29-40(37,9)10/h11-13,16,18,23-25,27,29,31-32,37,41H,14-15,17,19-22,26,28H2,1-10H3/b12-11+,18-13+,25-23+,30-16+,33-24+. The maximum absolute atomic E-state index is 10.2. The smallest absolute Gasteiger partial charge is 0.114 e. The molecule has 1 N–H and O–H groups in total. The van der Waals surface area contributed by atoms with E-state index in [-0.39, 0.29) is 5.41 Å². The van der Waals surface area contributed by atoms with Crippen molar-refractivity contribution in [1.29, 1.82) is 0 Å². The van der Waals surface area contributed by atoms with Crippen molar-refractivity contribution in [3.05, 3.63) is 94.4 Å². The molecule has 0 aromatic carbocycles. The predicted molar refractivity (Wildman–Crippen MR) is 183 cm³/mol. The molecule has 0 heterocycles. The Morgan fingerprint density at radius 2 is 1.80 bits per heavy atom. The lowest BCUT2D eigenvalue weighted by Gasteiger charge is -2.35. The Morgan fingerprint density at radius 1 is 1.07 bits per heavy atom. The number of aliphatic hydroxyl groups is 1. The summed E-state index contributed by atoms with van der Waals surface area (Å²) in [7, 11) is 0. The molecule has 0 saturated heterocycles. The first kappa shape index (κ1) is 34.9. The lowest BCUT2D eigenvalue weighted by atomic mass is 9.70. The van der Waals surface area contributed by atoms with Crippen LogP contribution in [0.4, 0.5) is 0 Å². The molecule has 0 radical (unpaired) electrons. The number of hydrogen-bond donors (Lipinski definition) is 1. The summed E-state index contributed by atoms with van der Waals surface area (Å²) in [5, 5.41) is 10.2. The molecule has 0 aromatic rings. The molecule has 2 aliphatic carbocycles. The molecule has 0 aliphatic heterocycles. The minimum Gasteiger partial charge on any atom is -0.508 e. The molecule has 0 amide bonds. The highest BCUT2D eigenvalue weighted by atomic mass is 16.3. The molecule has 3 unspecified atom stereocenters. The third-order valence-corrected chi connectivity index (χ3v) is 9.52. The van der Waals surface area contributed by atoms with Gasteiger partial charge in [-0.3, -0.25) is 0 Å². The van der Waals surface area contributed by atoms with Gasteiger partial charge in [0.2, 0.25) is 0 Å². The lowest BCUT2D eigenvalue weighted by molar-refractivity contribution is 0.296. The molecular formula is C40H62O. The summed E-state index contributed by atoms with van der Waals surface area (Å²) in [4.78, 5) is 0. The van der Waals surface area contributed by atoms with Crippen LogP contribution < -0.4 is 0 Å². The van der Waals surface area contributed by atoms with Crippen molar-refractivity contribution in [2.24, 2.45) is 28.6 Å². The average Bonchev–Trinajstić information content (AvgIpc) is 2.88. The van der Waals surface area contributed by atoms with E-state index >= 15 is 0 Å². The monoisotopic (exact) mass is 558 g/mol. The van der Waals surface area contributed by atoms with Gasteiger partial charge in [-0.05, 0) is 125 Å². The SMILES string of the molecule is CC1=C(/C=C/C(C)C/C=C/C(C)=C/C=C/CC(C)CCC/C(C)=C/CC2C(C)=C(O)C=CC2(C)C)C(C)(C)CCC1. The maximum Gasteiger partial charge on any atom is 0.114 e. The molecular weight excluding hydrogens is 496 g/mol. The fourth-order valence-electron chi connectivity index (χ4n) is 6.43. The first-order valence-electron chi connectivity index (χ1n) is 16.4. The Labute approximate surface area is 254 Å². The van der Waals surface area contributed by atoms with Crippen molar-refractivity contribution in [1.82, 2.24) is 0 Å². The lowest BCUT2D eigenvalue weighted by Crippen LogP contribution is -2.26. The molecule has 1 heteroatoms. The zero-order valence-corrected chi connectivity index (χ0v) is 28.3. The van der Waals surface area contributed by atoms with E-state index in [0.717, 1.165) is 31.3 Å². The van der Waals surface area contributed by atoms with E-state index in [1.165, 1.54) is 43.3 Å². The van der Waals surface area contributed by atoms with Crippen LogP contribution in [0.25, 0.3) is 0 Å². The van der Waals surface area contributed by atoms with Crippen molar-refractivity contribution < 1.29 is 5.11 Å². The van der Waals surface area contributed by atoms with Gasteiger partial charge < -0.3 is 5.11 Å². The van der Waals surface area contributed by atoms with Gasteiger partial charge in [0, 0.05) is 0 Å². The summed E-state index contributed by atoms with van der Waals surface area (Å²) in [5.41, 5.74) is 7.47. The molecule has 2 rings (SSSR count). The molecule has 0 saturated carbocycles. The molecule has 0 fully saturated rings. The van der Waals surface area contributed by atoms with Crippen LogP contribution in [-0.4, -0.2) is 5.11 Å². The van der Waals surface area contributed by atoms with Crippen LogP contribution in [0.15, 0.2) is 94.4 Å². The van der Waals surface area contributed by atoms with E-state index in [9.17, 15) is 5.11 Å². The van der Waals surface area contributed by atoms with Crippen LogP contribution in [0.5, 0.6) is 0 Å². The van der Waals surface area contributed by atoms with Crippen LogP contribution >= 0.6 is 0 Å². The minimum absolute atomic E-state index is 0.0928. The largest absolute Gasteiger partial charge is 0.508 e. The highest BCUT2D eigenvalue weighted by Gasteiger charge is 2.31. The summed E-state index contributed by atoms with van der Waals surface area (Å²) in [6.45, 7) is 22.9. The molecule has 0 bridgehead atoms. The van der Waals surface area contributed by atoms with Crippen LogP contribution in [0.2, 0.25) is 0 Å². The minimum atomic E-state index is 0.0928. The van der Waals surface area contributed by atoms with Crippen molar-refractivity contribution in [2.45, 2.75) is 127 Å². The van der Waals surface area contributed by atoms with E-state index in [4.69, 9.17) is 0 Å². The van der Waals surface area contributed by atoms with Crippen LogP contribution in [0, 0.1) is 28.6 Å². The Morgan fingerprint density at radius 3 is 2.51 bits per heavy atom. The van der Waals surface area contributed by atoms with Gasteiger partial charge in [-0.2, -0.15) is 0 Å². The van der Waals surface area contributed by atoms with Crippen LogP contribution in [0.1, 0.15) is 127 Å². The zero-order valence-electron chi connectivity index (χ0n) is 28.3. The van der Waals surface area contributed by atoms with E-state index in [0.29, 0.717) is 28.9 Å². The maximum atomic E-state index is 10.2. The first-order chi connectivity index (χ1) is 19.2. The summed E-state index contributed by atoms with van der Waals surface area (Å²) >= 11 is 0. The average molecular weight is 559 g/mol. The zero-order chi connectivity index (χ0) is 30.6. The summed E-state index contributed by atoms with van der Waals surface area (Å²) < 4.78 is 0. The molecule has 0 aromatic heterocycles. The van der Waals surface area contributed by atoms with Crippen molar-refractivity contribution in [3.8, 4) is 0 Å². The molecule has 228 valence electrons. The Hall–Kier alpha value is -2.28. The van der Waals surface area contributed by atoms with Gasteiger partial charge in [-0.25, -0.2) is 0 Å². The van der Waals surface area contributed by atoms with Crippen molar-refractivity contribution in [3.63, 3.8) is 0 Å². The number of rotatable bonds is 14. The van der Waals surface area contributed by atoms with Gasteiger partial charge in [0.25, 0.3) is 0 Å². The van der Waals surface area contributed by atoms with E-state index < -0.39 is 0 Å². The second-order valence-electron chi connectivity index (χ2n) is 14.5. The normalized spacial score (nSPS) is 23.4. The van der Waals surface area contributed by atoms with Crippen molar-refractivity contribution in [2.75, 3.05) is 0 Å². The number of aliphatic hydroxyl groups excluding tert-OH is 1. The van der Waals surface area contributed by atoms with Crippen LogP contribution in [0.3, 0.4) is 0 Å². The predicted octanol–water partition coefficient (Wildman–Crippen LogP) is 12.7. The Kier molecular flexibility index (Phi) is 14.0. The third kappa shape index (κ3) is 11.9. The van der Waals surface area contributed by atoms with E-state index in [1.807, 2.05) is 6.08 Å². The summed E-state index contributed by atoms with van der Waals surface area (Å²) in [5.74, 6) is 2.08. The van der Waals surface area contributed by atoms with Crippen molar-refractivity contribution >= 4 is 0 Å². The van der Waals surface area contributed by atoms with Gasteiger partial charge >= 0.3 is 0 Å². The Bertz CT molecular complexity index is 1090. The Balaban J connectivity index is 1.69. The highest BCUT2D eigenvalue weighted by molar-refractivity contribution is 5.33. The van der Waals surface area contributed by atoms with Gasteiger partial charge in [0.1, 0.15) is 5.76 Å². The second-order valence-corrected chi connectivity index (χ2v) is 14.5. The van der Waals surface area contributed by atoms with E-state index in [1.54, 1.807) is 11.1 Å². The third-order valence-electron chi connectivity index (χ3n) is 9.52. The van der Waals surface area contributed by atoms with Gasteiger partial charge in [0.05, 0.1) is 0 Å². The topological polar surface area (TPSA) is 20.2 Å². The fourth-order valence-corrected chi connectivity index (χ4v) is 6.43. The molecule has 2 aliphatic rings. The van der Waals surface area contributed by atoms with Gasteiger partial charge in [-0.15, -0.1) is 0 Å². The fraction of sp³-hybridized carbons (Fsp3) is 0.600. The van der Waals surface area contributed by atoms with Gasteiger partial charge in [-0.1, -0.05) is 119 Å². The highest BCUT2D eigenvalue weighted by Crippen LogP contribution is 2.42. The molecule has 41 heavy (non-hydrogen) atoms. The van der Waals surface area contributed by atoms with Crippen LogP contribution in [-0.2, 0) is 0 Å². The van der Waals surface area contributed by atoms with E-state index in [2.05, 4.69) is 124 Å². The second kappa shape index (κ2) is 16.4. The molecule has 1 nitrogen and oxygen atoms in total. The summed E-state index contributed by atoms with van der Waals surface area (Å²) in [6.07, 6.45) is 33.4.